The van der Waals surface area contributed by atoms with Gasteiger partial charge in [-0.2, -0.15) is 0 Å². The van der Waals surface area contributed by atoms with Gasteiger partial charge in [0.05, 0.1) is 17.2 Å². The molecule has 0 aromatic heterocycles. The minimum absolute atomic E-state index is 0.00416. The van der Waals surface area contributed by atoms with Gasteiger partial charge in [0.25, 0.3) is 5.91 Å². The predicted molar refractivity (Wildman–Crippen MR) is 101 cm³/mol. The Bertz CT molecular complexity index is 759. The van der Waals surface area contributed by atoms with E-state index in [1.54, 1.807) is 25.3 Å². The number of rotatable bonds is 4. The molecule has 1 aliphatic rings. The number of carbonyl (C=O) groups is 1. The molecule has 0 N–H and O–H groups in total. The Balaban J connectivity index is 1.59. The van der Waals surface area contributed by atoms with Gasteiger partial charge in [0, 0.05) is 43.9 Å². The fraction of sp³-hybridized carbons (Fsp3) is 0.316. The van der Waals surface area contributed by atoms with Crippen LogP contribution in [0.5, 0.6) is 5.75 Å². The molecule has 1 heterocycles. The zero-order valence-corrected chi connectivity index (χ0v) is 15.6. The second-order valence-electron chi connectivity index (χ2n) is 6.01. The highest BCUT2D eigenvalue weighted by atomic mass is 35.5. The molecule has 1 saturated heterocycles. The second-order valence-corrected chi connectivity index (χ2v) is 6.82. The zero-order valence-electron chi connectivity index (χ0n) is 14.0. The topological polar surface area (TPSA) is 32.8 Å². The Hall–Kier alpha value is -1.75. The number of para-hydroxylation sites is 1. The SMILES string of the molecule is COc1ccccc1CN1CCN(C(=O)c2ccc(Cl)c(Cl)c2)CC1. The summed E-state index contributed by atoms with van der Waals surface area (Å²) in [6, 6.07) is 13.0. The van der Waals surface area contributed by atoms with Crippen molar-refractivity contribution in [2.45, 2.75) is 6.54 Å². The Kier molecular flexibility index (Phi) is 5.84. The summed E-state index contributed by atoms with van der Waals surface area (Å²) in [7, 11) is 1.69. The van der Waals surface area contributed by atoms with Gasteiger partial charge in [0.1, 0.15) is 5.75 Å². The molecule has 0 unspecified atom stereocenters. The molecule has 3 rings (SSSR count). The summed E-state index contributed by atoms with van der Waals surface area (Å²) in [5, 5.41) is 0.863. The van der Waals surface area contributed by atoms with E-state index in [2.05, 4.69) is 11.0 Å². The van der Waals surface area contributed by atoms with Crippen LogP contribution in [-0.4, -0.2) is 49.0 Å². The molecule has 4 nitrogen and oxygen atoms in total. The molecule has 1 amide bonds. The van der Waals surface area contributed by atoms with Gasteiger partial charge in [-0.1, -0.05) is 41.4 Å². The lowest BCUT2D eigenvalue weighted by Crippen LogP contribution is -2.48. The van der Waals surface area contributed by atoms with Gasteiger partial charge in [0.2, 0.25) is 0 Å². The summed E-state index contributed by atoms with van der Waals surface area (Å²) in [4.78, 5) is 16.8. The number of piperazine rings is 1. The van der Waals surface area contributed by atoms with Crippen LogP contribution < -0.4 is 4.74 Å². The van der Waals surface area contributed by atoms with Crippen molar-refractivity contribution in [3.63, 3.8) is 0 Å². The van der Waals surface area contributed by atoms with Crippen LogP contribution >= 0.6 is 23.2 Å². The largest absolute Gasteiger partial charge is 0.496 e. The summed E-state index contributed by atoms with van der Waals surface area (Å²) >= 11 is 11.9. The molecule has 1 aliphatic heterocycles. The van der Waals surface area contributed by atoms with E-state index in [-0.39, 0.29) is 5.91 Å². The first-order valence-electron chi connectivity index (χ1n) is 8.17. The molecular formula is C19H20Cl2N2O2. The fourth-order valence-corrected chi connectivity index (χ4v) is 3.29. The minimum atomic E-state index is -0.00416. The minimum Gasteiger partial charge on any atom is -0.496 e. The standard InChI is InChI=1S/C19H20Cl2N2O2/c1-25-18-5-3-2-4-15(18)13-22-8-10-23(11-9-22)19(24)14-6-7-16(20)17(21)12-14/h2-7,12H,8-11,13H2,1H3. The number of nitrogens with zero attached hydrogens (tertiary/aromatic N) is 2. The molecule has 2 aromatic carbocycles. The zero-order chi connectivity index (χ0) is 17.8. The van der Waals surface area contributed by atoms with E-state index in [1.807, 2.05) is 23.1 Å². The van der Waals surface area contributed by atoms with Gasteiger partial charge < -0.3 is 9.64 Å². The monoisotopic (exact) mass is 378 g/mol. The molecular weight excluding hydrogens is 359 g/mol. The van der Waals surface area contributed by atoms with Crippen LogP contribution in [0.15, 0.2) is 42.5 Å². The number of hydrogen-bond acceptors (Lipinski definition) is 3. The lowest BCUT2D eigenvalue weighted by molar-refractivity contribution is 0.0627. The molecule has 0 spiro atoms. The Labute approximate surface area is 157 Å². The normalized spacial score (nSPS) is 15.2. The Morgan fingerprint density at radius 1 is 1.04 bits per heavy atom. The van der Waals surface area contributed by atoms with Crippen molar-refractivity contribution in [3.8, 4) is 5.75 Å². The van der Waals surface area contributed by atoms with Crippen molar-refractivity contribution < 1.29 is 9.53 Å². The molecule has 1 fully saturated rings. The lowest BCUT2D eigenvalue weighted by Gasteiger charge is -2.35. The van der Waals surface area contributed by atoms with Crippen LogP contribution in [0.1, 0.15) is 15.9 Å². The summed E-state index contributed by atoms with van der Waals surface area (Å²) in [5.74, 6) is 0.896. The third-order valence-electron chi connectivity index (χ3n) is 4.41. The van der Waals surface area contributed by atoms with Crippen molar-refractivity contribution in [1.29, 1.82) is 0 Å². The number of ether oxygens (including phenoxy) is 1. The van der Waals surface area contributed by atoms with Crippen molar-refractivity contribution in [3.05, 3.63) is 63.6 Å². The number of methoxy groups -OCH3 is 1. The average Bonchev–Trinajstić information content (AvgIpc) is 2.64. The van der Waals surface area contributed by atoms with Gasteiger partial charge in [-0.3, -0.25) is 9.69 Å². The van der Waals surface area contributed by atoms with Crippen LogP contribution in [0, 0.1) is 0 Å². The van der Waals surface area contributed by atoms with E-state index in [0.717, 1.165) is 30.9 Å². The number of halogens is 2. The van der Waals surface area contributed by atoms with Crippen LogP contribution in [-0.2, 0) is 6.54 Å². The van der Waals surface area contributed by atoms with Crippen molar-refractivity contribution in [2.24, 2.45) is 0 Å². The first-order chi connectivity index (χ1) is 12.1. The van der Waals surface area contributed by atoms with Crippen molar-refractivity contribution in [2.75, 3.05) is 33.3 Å². The second kappa shape index (κ2) is 8.09. The molecule has 0 atom stereocenters. The first-order valence-corrected chi connectivity index (χ1v) is 8.92. The van der Waals surface area contributed by atoms with Crippen LogP contribution in [0.2, 0.25) is 10.0 Å². The highest BCUT2D eigenvalue weighted by Crippen LogP contribution is 2.24. The van der Waals surface area contributed by atoms with E-state index in [0.29, 0.717) is 28.7 Å². The number of hydrogen-bond donors (Lipinski definition) is 0. The molecule has 6 heteroatoms. The van der Waals surface area contributed by atoms with Gasteiger partial charge >= 0.3 is 0 Å². The smallest absolute Gasteiger partial charge is 0.253 e. The predicted octanol–water partition coefficient (Wildman–Crippen LogP) is 3.96. The molecule has 132 valence electrons. The number of carbonyl (C=O) groups excluding carboxylic acids is 1. The van der Waals surface area contributed by atoms with Gasteiger partial charge in [-0.15, -0.1) is 0 Å². The van der Waals surface area contributed by atoms with Crippen molar-refractivity contribution >= 4 is 29.1 Å². The van der Waals surface area contributed by atoms with E-state index < -0.39 is 0 Å². The van der Waals surface area contributed by atoms with Crippen molar-refractivity contribution in [1.82, 2.24) is 9.80 Å². The highest BCUT2D eigenvalue weighted by Gasteiger charge is 2.23. The van der Waals surface area contributed by atoms with E-state index in [1.165, 1.54) is 0 Å². The Morgan fingerprint density at radius 3 is 2.44 bits per heavy atom. The summed E-state index contributed by atoms with van der Waals surface area (Å²) in [5.41, 5.74) is 1.74. The fourth-order valence-electron chi connectivity index (χ4n) is 3.00. The number of amides is 1. The third kappa shape index (κ3) is 4.27. The van der Waals surface area contributed by atoms with Gasteiger partial charge in [-0.25, -0.2) is 0 Å². The summed E-state index contributed by atoms with van der Waals surface area (Å²) in [6.45, 7) is 3.84. The summed E-state index contributed by atoms with van der Waals surface area (Å²) in [6.07, 6.45) is 0. The highest BCUT2D eigenvalue weighted by molar-refractivity contribution is 6.42. The van der Waals surface area contributed by atoms with E-state index in [4.69, 9.17) is 27.9 Å². The maximum Gasteiger partial charge on any atom is 0.253 e. The third-order valence-corrected chi connectivity index (χ3v) is 5.15. The van der Waals surface area contributed by atoms with Crippen LogP contribution in [0.4, 0.5) is 0 Å². The average molecular weight is 379 g/mol. The van der Waals surface area contributed by atoms with Crippen LogP contribution in [0.25, 0.3) is 0 Å². The summed E-state index contributed by atoms with van der Waals surface area (Å²) < 4.78 is 5.41. The molecule has 2 aromatic rings. The molecule has 0 bridgehead atoms. The van der Waals surface area contributed by atoms with Crippen LogP contribution in [0.3, 0.4) is 0 Å². The maximum absolute atomic E-state index is 12.6. The molecule has 0 saturated carbocycles. The molecule has 0 radical (unpaired) electrons. The maximum atomic E-state index is 12.6. The molecule has 25 heavy (non-hydrogen) atoms. The van der Waals surface area contributed by atoms with Gasteiger partial charge in [-0.05, 0) is 24.3 Å². The first kappa shape index (κ1) is 18.1. The van der Waals surface area contributed by atoms with E-state index in [9.17, 15) is 4.79 Å². The van der Waals surface area contributed by atoms with Gasteiger partial charge in [0.15, 0.2) is 0 Å². The lowest BCUT2D eigenvalue weighted by atomic mass is 10.1. The molecule has 0 aliphatic carbocycles. The quantitative estimate of drug-likeness (QED) is 0.806. The number of benzene rings is 2. The van der Waals surface area contributed by atoms with E-state index >= 15 is 0 Å². The Morgan fingerprint density at radius 2 is 1.76 bits per heavy atom.